The van der Waals surface area contributed by atoms with Crippen LogP contribution >= 0.6 is 0 Å². The minimum Gasteiger partial charge on any atom is -0.481 e. The average molecular weight is 215 g/mol. The molecule has 0 bridgehead atoms. The minimum atomic E-state index is -0.651. The Morgan fingerprint density at radius 2 is 1.73 bits per heavy atom. The summed E-state index contributed by atoms with van der Waals surface area (Å²) in [4.78, 5) is 13.5. The molecular weight excluding hydrogens is 190 g/mol. The summed E-state index contributed by atoms with van der Waals surface area (Å²) in [6.45, 7) is 10.8. The zero-order valence-corrected chi connectivity index (χ0v) is 10.5. The fraction of sp³-hybridized carbons (Fsp3) is 0.917. The molecule has 0 aliphatic heterocycles. The molecule has 0 spiro atoms. The Bertz CT molecular complexity index is 188. The number of carboxylic acids is 1. The summed E-state index contributed by atoms with van der Waals surface area (Å²) in [5, 5.41) is 9.31. The summed E-state index contributed by atoms with van der Waals surface area (Å²) in [5.41, 5.74) is -0.550. The predicted octanol–water partition coefficient (Wildman–Crippen LogP) is 2.61. The first-order valence-electron chi connectivity index (χ1n) is 6.02. The van der Waals surface area contributed by atoms with E-state index in [1.165, 1.54) is 0 Å². The van der Waals surface area contributed by atoms with Crippen LogP contribution in [0.4, 0.5) is 0 Å². The highest BCUT2D eigenvalue weighted by atomic mass is 16.4. The van der Waals surface area contributed by atoms with Crippen LogP contribution in [0.25, 0.3) is 0 Å². The number of nitrogens with zero attached hydrogens (tertiary/aromatic N) is 1. The number of hydrogen-bond acceptors (Lipinski definition) is 2. The van der Waals surface area contributed by atoms with Crippen molar-refractivity contribution in [3.05, 3.63) is 0 Å². The van der Waals surface area contributed by atoms with Crippen LogP contribution < -0.4 is 0 Å². The van der Waals surface area contributed by atoms with Gasteiger partial charge in [0.1, 0.15) is 0 Å². The molecule has 0 aromatic heterocycles. The SMILES string of the molecule is CCCN(CC)CC(CC)(CC)C(=O)O. The van der Waals surface area contributed by atoms with E-state index in [9.17, 15) is 9.90 Å². The Kier molecular flexibility index (Phi) is 6.57. The summed E-state index contributed by atoms with van der Waals surface area (Å²) in [5.74, 6) is -0.651. The summed E-state index contributed by atoms with van der Waals surface area (Å²) >= 11 is 0. The van der Waals surface area contributed by atoms with Gasteiger partial charge in [0.15, 0.2) is 0 Å². The molecule has 15 heavy (non-hydrogen) atoms. The molecule has 0 amide bonds. The van der Waals surface area contributed by atoms with Gasteiger partial charge in [0.05, 0.1) is 5.41 Å². The summed E-state index contributed by atoms with van der Waals surface area (Å²) in [7, 11) is 0. The van der Waals surface area contributed by atoms with Crippen molar-refractivity contribution in [1.82, 2.24) is 4.90 Å². The maximum Gasteiger partial charge on any atom is 0.310 e. The zero-order valence-electron chi connectivity index (χ0n) is 10.5. The van der Waals surface area contributed by atoms with Gasteiger partial charge in [-0.25, -0.2) is 0 Å². The largest absolute Gasteiger partial charge is 0.481 e. The molecule has 0 saturated heterocycles. The van der Waals surface area contributed by atoms with Gasteiger partial charge in [-0.1, -0.05) is 27.7 Å². The van der Waals surface area contributed by atoms with E-state index in [1.807, 2.05) is 13.8 Å². The monoisotopic (exact) mass is 215 g/mol. The van der Waals surface area contributed by atoms with E-state index in [0.717, 1.165) is 19.5 Å². The second kappa shape index (κ2) is 6.83. The summed E-state index contributed by atoms with van der Waals surface area (Å²) < 4.78 is 0. The molecule has 0 unspecified atom stereocenters. The molecule has 3 heteroatoms. The quantitative estimate of drug-likeness (QED) is 0.676. The van der Waals surface area contributed by atoms with Crippen LogP contribution in [0.3, 0.4) is 0 Å². The second-order valence-electron chi connectivity index (χ2n) is 4.16. The van der Waals surface area contributed by atoms with Crippen LogP contribution in [-0.4, -0.2) is 35.6 Å². The number of carboxylic acid groups (broad SMARTS) is 1. The van der Waals surface area contributed by atoms with Crippen LogP contribution in [0.2, 0.25) is 0 Å². The van der Waals surface area contributed by atoms with Crippen LogP contribution in [0.1, 0.15) is 47.0 Å². The topological polar surface area (TPSA) is 40.5 Å². The molecule has 0 aliphatic rings. The lowest BCUT2D eigenvalue weighted by molar-refractivity contribution is -0.150. The van der Waals surface area contributed by atoms with E-state index in [1.54, 1.807) is 0 Å². The fourth-order valence-electron chi connectivity index (χ4n) is 1.94. The summed E-state index contributed by atoms with van der Waals surface area (Å²) in [6, 6.07) is 0. The van der Waals surface area contributed by atoms with Crippen molar-refractivity contribution >= 4 is 5.97 Å². The fourth-order valence-corrected chi connectivity index (χ4v) is 1.94. The van der Waals surface area contributed by atoms with Crippen molar-refractivity contribution in [3.8, 4) is 0 Å². The lowest BCUT2D eigenvalue weighted by Gasteiger charge is -2.33. The first kappa shape index (κ1) is 14.4. The first-order chi connectivity index (χ1) is 7.06. The predicted molar refractivity (Wildman–Crippen MR) is 63.1 cm³/mol. The van der Waals surface area contributed by atoms with Crippen molar-refractivity contribution in [2.75, 3.05) is 19.6 Å². The number of rotatable bonds is 8. The Morgan fingerprint density at radius 1 is 1.20 bits per heavy atom. The molecule has 0 fully saturated rings. The third kappa shape index (κ3) is 3.82. The third-order valence-electron chi connectivity index (χ3n) is 3.32. The molecule has 0 rings (SSSR count). The van der Waals surface area contributed by atoms with E-state index >= 15 is 0 Å². The molecular formula is C12H25NO2. The van der Waals surface area contributed by atoms with Gasteiger partial charge in [-0.2, -0.15) is 0 Å². The second-order valence-corrected chi connectivity index (χ2v) is 4.16. The first-order valence-corrected chi connectivity index (χ1v) is 6.02. The van der Waals surface area contributed by atoms with Gasteiger partial charge in [-0.15, -0.1) is 0 Å². The molecule has 1 N–H and O–H groups in total. The van der Waals surface area contributed by atoms with Crippen molar-refractivity contribution in [2.45, 2.75) is 47.0 Å². The Balaban J connectivity index is 4.56. The van der Waals surface area contributed by atoms with Gasteiger partial charge < -0.3 is 10.0 Å². The van der Waals surface area contributed by atoms with E-state index in [2.05, 4.69) is 18.7 Å². The van der Waals surface area contributed by atoms with Crippen LogP contribution in [-0.2, 0) is 4.79 Å². The Morgan fingerprint density at radius 3 is 2.00 bits per heavy atom. The molecule has 0 aromatic carbocycles. The maximum absolute atomic E-state index is 11.3. The van der Waals surface area contributed by atoms with Gasteiger partial charge in [-0.3, -0.25) is 4.79 Å². The van der Waals surface area contributed by atoms with E-state index in [0.29, 0.717) is 19.4 Å². The number of aliphatic carboxylic acids is 1. The van der Waals surface area contributed by atoms with Crippen LogP contribution in [0, 0.1) is 5.41 Å². The minimum absolute atomic E-state index is 0.550. The molecule has 0 heterocycles. The third-order valence-corrected chi connectivity index (χ3v) is 3.32. The Hall–Kier alpha value is -0.570. The smallest absolute Gasteiger partial charge is 0.310 e. The molecule has 0 saturated carbocycles. The van der Waals surface area contributed by atoms with Gasteiger partial charge in [-0.05, 0) is 32.4 Å². The lowest BCUT2D eigenvalue weighted by Crippen LogP contribution is -2.42. The van der Waals surface area contributed by atoms with Gasteiger partial charge >= 0.3 is 5.97 Å². The molecule has 0 aliphatic carbocycles. The van der Waals surface area contributed by atoms with Crippen LogP contribution in [0.15, 0.2) is 0 Å². The summed E-state index contributed by atoms with van der Waals surface area (Å²) in [6.07, 6.45) is 2.50. The number of hydrogen-bond donors (Lipinski definition) is 1. The molecule has 0 atom stereocenters. The highest BCUT2D eigenvalue weighted by Gasteiger charge is 2.36. The van der Waals surface area contributed by atoms with E-state index in [-0.39, 0.29) is 0 Å². The highest BCUT2D eigenvalue weighted by molar-refractivity contribution is 5.74. The van der Waals surface area contributed by atoms with Gasteiger partial charge in [0.25, 0.3) is 0 Å². The molecule has 90 valence electrons. The van der Waals surface area contributed by atoms with Crippen LogP contribution in [0.5, 0.6) is 0 Å². The Labute approximate surface area is 93.5 Å². The van der Waals surface area contributed by atoms with E-state index < -0.39 is 11.4 Å². The normalized spacial score (nSPS) is 12.1. The van der Waals surface area contributed by atoms with Crippen molar-refractivity contribution in [3.63, 3.8) is 0 Å². The standard InChI is InChI=1S/C12H25NO2/c1-5-9-13(8-4)10-12(6-2,7-3)11(14)15/h5-10H2,1-4H3,(H,14,15). The number of carbonyl (C=O) groups is 1. The van der Waals surface area contributed by atoms with E-state index in [4.69, 9.17) is 0 Å². The van der Waals surface area contributed by atoms with Crippen molar-refractivity contribution in [1.29, 1.82) is 0 Å². The molecule has 0 aromatic rings. The van der Waals surface area contributed by atoms with Crippen molar-refractivity contribution < 1.29 is 9.90 Å². The molecule has 3 nitrogen and oxygen atoms in total. The zero-order chi connectivity index (χ0) is 11.9. The van der Waals surface area contributed by atoms with Crippen molar-refractivity contribution in [2.24, 2.45) is 5.41 Å². The van der Waals surface area contributed by atoms with Gasteiger partial charge in [0.2, 0.25) is 0 Å². The maximum atomic E-state index is 11.3. The average Bonchev–Trinajstić information content (AvgIpc) is 2.24. The molecule has 0 radical (unpaired) electrons. The highest BCUT2D eigenvalue weighted by Crippen LogP contribution is 2.28. The lowest BCUT2D eigenvalue weighted by atomic mass is 9.82. The van der Waals surface area contributed by atoms with Gasteiger partial charge in [0, 0.05) is 6.54 Å².